The fourth-order valence-corrected chi connectivity index (χ4v) is 3.41. The number of nitrogens with one attached hydrogen (secondary N) is 1. The fourth-order valence-electron chi connectivity index (χ4n) is 3.41. The molecule has 0 radical (unpaired) electrons. The molecule has 1 heterocycles. The normalized spacial score (nSPS) is 21.5. The van der Waals surface area contributed by atoms with E-state index in [-0.39, 0.29) is 0 Å². The van der Waals surface area contributed by atoms with Crippen LogP contribution in [0.1, 0.15) is 43.2 Å². The highest BCUT2D eigenvalue weighted by Gasteiger charge is 2.20. The highest BCUT2D eigenvalue weighted by Crippen LogP contribution is 2.19. The Kier molecular flexibility index (Phi) is 5.28. The van der Waals surface area contributed by atoms with Crippen LogP contribution in [0.5, 0.6) is 0 Å². The van der Waals surface area contributed by atoms with Gasteiger partial charge in [0.15, 0.2) is 0 Å². The van der Waals surface area contributed by atoms with E-state index in [1.807, 2.05) is 4.90 Å². The van der Waals surface area contributed by atoms with E-state index in [2.05, 4.69) is 41.7 Å². The van der Waals surface area contributed by atoms with Gasteiger partial charge in [-0.2, -0.15) is 0 Å². The molecule has 1 saturated heterocycles. The number of benzene rings is 1. The first-order valence-corrected chi connectivity index (χ1v) is 8.53. The lowest BCUT2D eigenvalue weighted by Crippen LogP contribution is -2.26. The predicted octanol–water partition coefficient (Wildman–Crippen LogP) is 3.25. The van der Waals surface area contributed by atoms with Crippen LogP contribution in [0.2, 0.25) is 0 Å². The first kappa shape index (κ1) is 15.3. The van der Waals surface area contributed by atoms with E-state index in [1.54, 1.807) is 0 Å². The minimum atomic E-state index is 0.303. The molecule has 1 amide bonds. The summed E-state index contributed by atoms with van der Waals surface area (Å²) in [4.78, 5) is 13.8. The average molecular weight is 298 g/mol. The second-order valence-electron chi connectivity index (χ2n) is 6.47. The van der Waals surface area contributed by atoms with Gasteiger partial charge in [0.25, 0.3) is 0 Å². The Balaban J connectivity index is 1.54. The minimum Gasteiger partial charge on any atom is -0.338 e. The van der Waals surface area contributed by atoms with Gasteiger partial charge >= 0.3 is 0 Å². The van der Waals surface area contributed by atoms with Crippen molar-refractivity contribution in [1.29, 1.82) is 0 Å². The summed E-state index contributed by atoms with van der Waals surface area (Å²) in [7, 11) is 0. The van der Waals surface area contributed by atoms with Crippen molar-refractivity contribution >= 4 is 5.91 Å². The Bertz CT molecular complexity index is 538. The highest BCUT2D eigenvalue weighted by atomic mass is 16.2. The summed E-state index contributed by atoms with van der Waals surface area (Å²) in [5.74, 6) is 1.08. The van der Waals surface area contributed by atoms with Gasteiger partial charge in [-0.15, -0.1) is 0 Å². The number of likely N-dealkylation sites (tertiary alicyclic amines) is 1. The lowest BCUT2D eigenvalue weighted by atomic mass is 9.94. The zero-order valence-electron chi connectivity index (χ0n) is 13.3. The molecule has 22 heavy (non-hydrogen) atoms. The Morgan fingerprint density at radius 2 is 2.05 bits per heavy atom. The van der Waals surface area contributed by atoms with Crippen LogP contribution in [0, 0.1) is 5.92 Å². The first-order valence-electron chi connectivity index (χ1n) is 8.53. The predicted molar refractivity (Wildman–Crippen MR) is 89.3 cm³/mol. The number of hydrogen-bond acceptors (Lipinski definition) is 2. The van der Waals surface area contributed by atoms with Gasteiger partial charge in [-0.05, 0) is 49.3 Å². The number of rotatable bonds is 6. The van der Waals surface area contributed by atoms with Gasteiger partial charge in [-0.3, -0.25) is 4.79 Å². The number of amides is 1. The summed E-state index contributed by atoms with van der Waals surface area (Å²) in [6.45, 7) is 3.66. The van der Waals surface area contributed by atoms with Crippen molar-refractivity contribution in [3.63, 3.8) is 0 Å². The Morgan fingerprint density at radius 3 is 2.77 bits per heavy atom. The minimum absolute atomic E-state index is 0.303. The Labute approximate surface area is 133 Å². The van der Waals surface area contributed by atoms with Gasteiger partial charge in [0.1, 0.15) is 0 Å². The summed E-state index contributed by atoms with van der Waals surface area (Å²) in [6, 6.07) is 8.51. The van der Waals surface area contributed by atoms with E-state index in [0.29, 0.717) is 5.91 Å². The van der Waals surface area contributed by atoms with Gasteiger partial charge in [0, 0.05) is 26.1 Å². The molecule has 1 N–H and O–H groups in total. The third-order valence-electron chi connectivity index (χ3n) is 4.78. The van der Waals surface area contributed by atoms with Crippen molar-refractivity contribution in [2.24, 2.45) is 5.92 Å². The molecule has 0 aromatic heterocycles. The van der Waals surface area contributed by atoms with Crippen molar-refractivity contribution in [2.45, 2.75) is 45.2 Å². The number of allylic oxidation sites excluding steroid dienone is 2. The van der Waals surface area contributed by atoms with Gasteiger partial charge in [0.05, 0.1) is 0 Å². The second-order valence-corrected chi connectivity index (χ2v) is 6.47. The summed E-state index contributed by atoms with van der Waals surface area (Å²) < 4.78 is 0. The van der Waals surface area contributed by atoms with Gasteiger partial charge in [-0.1, -0.05) is 36.4 Å². The van der Waals surface area contributed by atoms with Crippen LogP contribution in [0.3, 0.4) is 0 Å². The SMILES string of the molecule is O=C1CCCN1Cc1ccccc1CNCC1CC=CCC1. The molecule has 1 aromatic rings. The topological polar surface area (TPSA) is 32.3 Å². The molecule has 1 atom stereocenters. The Morgan fingerprint density at radius 1 is 1.18 bits per heavy atom. The number of nitrogens with zero attached hydrogens (tertiary/aromatic N) is 1. The Hall–Kier alpha value is -1.61. The molecule has 1 aliphatic heterocycles. The molecule has 1 fully saturated rings. The maximum absolute atomic E-state index is 11.8. The number of carbonyl (C=O) groups excluding carboxylic acids is 1. The molecule has 1 unspecified atom stereocenters. The van der Waals surface area contributed by atoms with Crippen LogP contribution in [-0.4, -0.2) is 23.9 Å². The van der Waals surface area contributed by atoms with Crippen LogP contribution in [-0.2, 0) is 17.9 Å². The molecule has 1 aliphatic carbocycles. The van der Waals surface area contributed by atoms with Gasteiger partial charge in [0.2, 0.25) is 5.91 Å². The molecule has 1 aromatic carbocycles. The van der Waals surface area contributed by atoms with Gasteiger partial charge < -0.3 is 10.2 Å². The maximum atomic E-state index is 11.8. The van der Waals surface area contributed by atoms with Crippen molar-refractivity contribution in [3.8, 4) is 0 Å². The van der Waals surface area contributed by atoms with Crippen LogP contribution < -0.4 is 5.32 Å². The molecule has 2 aliphatic rings. The summed E-state index contributed by atoms with van der Waals surface area (Å²) in [5.41, 5.74) is 2.61. The molecule has 0 spiro atoms. The van der Waals surface area contributed by atoms with Crippen LogP contribution in [0.4, 0.5) is 0 Å². The van der Waals surface area contributed by atoms with E-state index in [9.17, 15) is 4.79 Å². The molecule has 3 heteroatoms. The molecular weight excluding hydrogens is 272 g/mol. The molecule has 3 rings (SSSR count). The average Bonchev–Trinajstić information content (AvgIpc) is 2.95. The molecule has 3 nitrogen and oxygen atoms in total. The van der Waals surface area contributed by atoms with Gasteiger partial charge in [-0.25, -0.2) is 0 Å². The van der Waals surface area contributed by atoms with E-state index in [1.165, 1.54) is 30.4 Å². The summed E-state index contributed by atoms with van der Waals surface area (Å²) in [6.07, 6.45) is 10.1. The molecule has 0 bridgehead atoms. The first-order chi connectivity index (χ1) is 10.8. The lowest BCUT2D eigenvalue weighted by molar-refractivity contribution is -0.128. The zero-order chi connectivity index (χ0) is 15.2. The highest BCUT2D eigenvalue weighted by molar-refractivity contribution is 5.78. The monoisotopic (exact) mass is 298 g/mol. The summed E-state index contributed by atoms with van der Waals surface area (Å²) >= 11 is 0. The van der Waals surface area contributed by atoms with Crippen LogP contribution in [0.25, 0.3) is 0 Å². The third kappa shape index (κ3) is 3.98. The molecule has 118 valence electrons. The molecular formula is C19H26N2O. The smallest absolute Gasteiger partial charge is 0.222 e. The molecule has 0 saturated carbocycles. The maximum Gasteiger partial charge on any atom is 0.222 e. The zero-order valence-corrected chi connectivity index (χ0v) is 13.3. The second kappa shape index (κ2) is 7.59. The van der Waals surface area contributed by atoms with Crippen molar-refractivity contribution < 1.29 is 4.79 Å². The van der Waals surface area contributed by atoms with Crippen LogP contribution in [0.15, 0.2) is 36.4 Å². The largest absolute Gasteiger partial charge is 0.338 e. The van der Waals surface area contributed by atoms with E-state index >= 15 is 0 Å². The van der Waals surface area contributed by atoms with E-state index < -0.39 is 0 Å². The third-order valence-corrected chi connectivity index (χ3v) is 4.78. The van der Waals surface area contributed by atoms with E-state index in [4.69, 9.17) is 0 Å². The lowest BCUT2D eigenvalue weighted by Gasteiger charge is -2.20. The van der Waals surface area contributed by atoms with E-state index in [0.717, 1.165) is 44.9 Å². The quantitative estimate of drug-likeness (QED) is 0.818. The summed E-state index contributed by atoms with van der Waals surface area (Å²) in [5, 5.41) is 3.61. The fraction of sp³-hybridized carbons (Fsp3) is 0.526. The van der Waals surface area contributed by atoms with Crippen molar-refractivity contribution in [3.05, 3.63) is 47.5 Å². The standard InChI is InChI=1S/C19H26N2O/c22-19-11-6-12-21(19)15-18-10-5-4-9-17(18)14-20-13-16-7-2-1-3-8-16/h1-2,4-5,9-10,16,20H,3,6-8,11-15H2. The number of carbonyl (C=O) groups is 1. The van der Waals surface area contributed by atoms with Crippen molar-refractivity contribution in [1.82, 2.24) is 10.2 Å². The number of hydrogen-bond donors (Lipinski definition) is 1. The van der Waals surface area contributed by atoms with Crippen molar-refractivity contribution in [2.75, 3.05) is 13.1 Å². The van der Waals surface area contributed by atoms with Crippen LogP contribution >= 0.6 is 0 Å².